The van der Waals surface area contributed by atoms with Gasteiger partial charge in [-0.15, -0.1) is 0 Å². The fourth-order valence-electron chi connectivity index (χ4n) is 4.16. The van der Waals surface area contributed by atoms with Crippen LogP contribution in [-0.4, -0.2) is 25.7 Å². The number of fused-ring (bicyclic) bond motifs is 3. The summed E-state index contributed by atoms with van der Waals surface area (Å²) < 4.78 is 5.85. The molecule has 132 valence electrons. The number of ether oxygens (including phenoxy) is 1. The van der Waals surface area contributed by atoms with Crippen molar-refractivity contribution in [3.63, 3.8) is 0 Å². The Morgan fingerprint density at radius 2 is 1.92 bits per heavy atom. The van der Waals surface area contributed by atoms with Gasteiger partial charge >= 0.3 is 0 Å². The summed E-state index contributed by atoms with van der Waals surface area (Å²) in [7, 11) is 0. The first-order valence-electron chi connectivity index (χ1n) is 9.29. The maximum atomic E-state index is 6.15. The molecule has 25 heavy (non-hydrogen) atoms. The van der Waals surface area contributed by atoms with Crippen molar-refractivity contribution in [1.29, 1.82) is 0 Å². The van der Waals surface area contributed by atoms with E-state index in [-0.39, 0.29) is 0 Å². The Kier molecular flexibility index (Phi) is 5.14. The van der Waals surface area contributed by atoms with E-state index in [1.807, 2.05) is 24.3 Å². The zero-order valence-electron chi connectivity index (χ0n) is 14.4. The molecule has 4 heteroatoms. The maximum absolute atomic E-state index is 6.15. The molecule has 3 nitrogen and oxygen atoms in total. The maximum Gasteiger partial charge on any atom is 0.137 e. The third-order valence-corrected chi connectivity index (χ3v) is 5.65. The first-order chi connectivity index (χ1) is 12.3. The Bertz CT molecular complexity index is 734. The van der Waals surface area contributed by atoms with Crippen LogP contribution in [0.3, 0.4) is 0 Å². The van der Waals surface area contributed by atoms with Crippen LogP contribution in [0.15, 0.2) is 42.5 Å². The Morgan fingerprint density at radius 3 is 2.84 bits per heavy atom. The van der Waals surface area contributed by atoms with Crippen molar-refractivity contribution in [2.45, 2.75) is 37.6 Å². The lowest BCUT2D eigenvalue weighted by atomic mass is 9.87. The van der Waals surface area contributed by atoms with Crippen LogP contribution in [0, 0.1) is 0 Å². The Labute approximate surface area is 154 Å². The highest BCUT2D eigenvalue weighted by atomic mass is 35.5. The van der Waals surface area contributed by atoms with Gasteiger partial charge in [0.1, 0.15) is 5.75 Å². The average Bonchev–Trinajstić information content (AvgIpc) is 2.82. The predicted octanol–water partition coefficient (Wildman–Crippen LogP) is 4.61. The highest BCUT2D eigenvalue weighted by molar-refractivity contribution is 6.32. The van der Waals surface area contributed by atoms with E-state index in [1.54, 1.807) is 5.56 Å². The summed E-state index contributed by atoms with van der Waals surface area (Å²) in [6.45, 7) is 2.92. The van der Waals surface area contributed by atoms with Crippen molar-refractivity contribution in [1.82, 2.24) is 5.32 Å². The van der Waals surface area contributed by atoms with Gasteiger partial charge < -0.3 is 15.4 Å². The molecule has 2 aliphatic heterocycles. The normalized spacial score (nSPS) is 21.8. The minimum absolute atomic E-state index is 0.588. The van der Waals surface area contributed by atoms with Gasteiger partial charge in [-0.2, -0.15) is 0 Å². The third kappa shape index (κ3) is 3.63. The monoisotopic (exact) mass is 356 g/mol. The van der Waals surface area contributed by atoms with Crippen LogP contribution >= 0.6 is 11.6 Å². The van der Waals surface area contributed by atoms with Crippen molar-refractivity contribution in [3.8, 4) is 5.75 Å². The van der Waals surface area contributed by atoms with Crippen molar-refractivity contribution >= 4 is 17.3 Å². The second kappa shape index (κ2) is 7.67. The zero-order chi connectivity index (χ0) is 17.1. The van der Waals surface area contributed by atoms with Crippen LogP contribution in [0.1, 0.15) is 36.3 Å². The molecule has 0 aromatic heterocycles. The van der Waals surface area contributed by atoms with Gasteiger partial charge in [0.2, 0.25) is 0 Å². The summed E-state index contributed by atoms with van der Waals surface area (Å²) in [5.74, 6) is 1.42. The molecule has 2 aromatic rings. The molecule has 0 spiro atoms. The third-order valence-electron chi connectivity index (χ3n) is 5.34. The molecule has 1 saturated heterocycles. The molecule has 0 unspecified atom stereocenters. The zero-order valence-corrected chi connectivity index (χ0v) is 15.2. The summed E-state index contributed by atoms with van der Waals surface area (Å²) in [6.07, 6.45) is 4.47. The first-order valence-corrected chi connectivity index (χ1v) is 9.67. The Hall–Kier alpha value is -1.71. The lowest BCUT2D eigenvalue weighted by molar-refractivity contribution is 0.311. The summed E-state index contributed by atoms with van der Waals surface area (Å²) in [4.78, 5) is 0. The molecule has 0 aliphatic carbocycles. The molecule has 2 N–H and O–H groups in total. The molecular weight excluding hydrogens is 332 g/mol. The number of anilines is 1. The number of rotatable bonds is 5. The highest BCUT2D eigenvalue weighted by Crippen LogP contribution is 2.42. The second-order valence-electron chi connectivity index (χ2n) is 6.95. The van der Waals surface area contributed by atoms with Gasteiger partial charge in [0.05, 0.1) is 11.6 Å². The van der Waals surface area contributed by atoms with Gasteiger partial charge in [-0.1, -0.05) is 35.9 Å². The van der Waals surface area contributed by atoms with Crippen molar-refractivity contribution in [2.75, 3.05) is 25.0 Å². The van der Waals surface area contributed by atoms with E-state index in [1.165, 1.54) is 24.1 Å². The SMILES string of the molecule is Clc1ccccc1OCCCc1cccc2c1[C@H]1CCNCC[C@@H]1N2. The van der Waals surface area contributed by atoms with E-state index in [0.29, 0.717) is 23.6 Å². The van der Waals surface area contributed by atoms with Gasteiger partial charge in [0, 0.05) is 17.6 Å². The lowest BCUT2D eigenvalue weighted by Crippen LogP contribution is -2.21. The fraction of sp³-hybridized carbons (Fsp3) is 0.429. The molecule has 2 aliphatic rings. The number of nitrogens with one attached hydrogen (secondary N) is 2. The van der Waals surface area contributed by atoms with Crippen LogP contribution in [-0.2, 0) is 6.42 Å². The van der Waals surface area contributed by atoms with Crippen molar-refractivity contribution in [3.05, 3.63) is 58.6 Å². The number of benzene rings is 2. The molecule has 0 amide bonds. The van der Waals surface area contributed by atoms with Gasteiger partial charge in [-0.05, 0) is 68.1 Å². The first kappa shape index (κ1) is 16.7. The predicted molar refractivity (Wildman–Crippen MR) is 104 cm³/mol. The topological polar surface area (TPSA) is 33.3 Å². The standard InChI is InChI=1S/C21H25ClN2O/c22-17-7-1-2-9-20(17)25-14-4-6-15-5-3-8-19-21(15)16-10-12-23-13-11-18(16)24-19/h1-3,5,7-9,16,18,23-24H,4,6,10-14H2/t16-,18-/m0/s1. The molecule has 0 saturated carbocycles. The average molecular weight is 357 g/mol. The minimum atomic E-state index is 0.588. The second-order valence-corrected chi connectivity index (χ2v) is 7.35. The minimum Gasteiger partial charge on any atom is -0.492 e. The van der Waals surface area contributed by atoms with E-state index in [9.17, 15) is 0 Å². The van der Waals surface area contributed by atoms with Crippen LogP contribution < -0.4 is 15.4 Å². The van der Waals surface area contributed by atoms with Crippen LogP contribution in [0.4, 0.5) is 5.69 Å². The molecular formula is C21H25ClN2O. The Balaban J connectivity index is 1.41. The summed E-state index contributed by atoms with van der Waals surface area (Å²) in [5.41, 5.74) is 4.37. The largest absolute Gasteiger partial charge is 0.492 e. The van der Waals surface area contributed by atoms with Gasteiger partial charge in [-0.25, -0.2) is 0 Å². The molecule has 2 atom stereocenters. The summed E-state index contributed by atoms with van der Waals surface area (Å²) in [5, 5.41) is 7.96. The van der Waals surface area contributed by atoms with E-state index < -0.39 is 0 Å². The van der Waals surface area contributed by atoms with Gasteiger partial charge in [-0.3, -0.25) is 0 Å². The molecule has 1 fully saturated rings. The quantitative estimate of drug-likeness (QED) is 0.767. The van der Waals surface area contributed by atoms with E-state index >= 15 is 0 Å². The van der Waals surface area contributed by atoms with Crippen molar-refractivity contribution in [2.24, 2.45) is 0 Å². The van der Waals surface area contributed by atoms with Crippen LogP contribution in [0.25, 0.3) is 0 Å². The van der Waals surface area contributed by atoms with E-state index in [0.717, 1.165) is 31.7 Å². The number of hydrogen-bond donors (Lipinski definition) is 2. The van der Waals surface area contributed by atoms with Gasteiger partial charge in [0.25, 0.3) is 0 Å². The van der Waals surface area contributed by atoms with Crippen LogP contribution in [0.5, 0.6) is 5.75 Å². The fourth-order valence-corrected chi connectivity index (χ4v) is 4.35. The molecule has 2 heterocycles. The molecule has 0 bridgehead atoms. The number of halogens is 1. The number of para-hydroxylation sites is 1. The number of aryl methyl sites for hydroxylation is 1. The van der Waals surface area contributed by atoms with Gasteiger partial charge in [0.15, 0.2) is 0 Å². The Morgan fingerprint density at radius 1 is 1.04 bits per heavy atom. The smallest absolute Gasteiger partial charge is 0.137 e. The lowest BCUT2D eigenvalue weighted by Gasteiger charge is -2.18. The van der Waals surface area contributed by atoms with E-state index in [4.69, 9.17) is 16.3 Å². The van der Waals surface area contributed by atoms with Crippen LogP contribution in [0.2, 0.25) is 5.02 Å². The number of hydrogen-bond acceptors (Lipinski definition) is 3. The molecule has 2 aromatic carbocycles. The van der Waals surface area contributed by atoms with E-state index in [2.05, 4.69) is 28.8 Å². The summed E-state index contributed by atoms with van der Waals surface area (Å²) >= 11 is 6.15. The molecule has 4 rings (SSSR count). The van der Waals surface area contributed by atoms with Crippen molar-refractivity contribution < 1.29 is 4.74 Å². The molecule has 0 radical (unpaired) electrons. The summed E-state index contributed by atoms with van der Waals surface area (Å²) in [6, 6.07) is 15.0. The highest BCUT2D eigenvalue weighted by Gasteiger charge is 2.34.